The van der Waals surface area contributed by atoms with E-state index in [0.717, 1.165) is 57.5 Å². The first kappa shape index (κ1) is 25.6. The number of nitrogens with one attached hydrogen (secondary N) is 1. The van der Waals surface area contributed by atoms with E-state index in [-0.39, 0.29) is 25.0 Å². The topological polar surface area (TPSA) is 125 Å². The van der Waals surface area contributed by atoms with E-state index in [4.69, 9.17) is 15.6 Å². The number of carboxylic acid groups (broad SMARTS) is 1. The summed E-state index contributed by atoms with van der Waals surface area (Å²) in [5.41, 5.74) is 7.42. The summed E-state index contributed by atoms with van der Waals surface area (Å²) in [5.74, 6) is -0.0428. The molecule has 0 atom stereocenters. The molecule has 4 N–H and O–H groups in total. The van der Waals surface area contributed by atoms with E-state index in [9.17, 15) is 14.4 Å². The number of hydrogen-bond acceptors (Lipinski definition) is 6. The lowest BCUT2D eigenvalue weighted by Crippen LogP contribution is -2.44. The van der Waals surface area contributed by atoms with E-state index in [2.05, 4.69) is 10.2 Å². The number of anilines is 2. The molecule has 2 saturated heterocycles. The van der Waals surface area contributed by atoms with Crippen molar-refractivity contribution in [2.75, 3.05) is 43.4 Å². The Morgan fingerprint density at radius 3 is 2.18 bits per heavy atom. The molecule has 1 aromatic rings. The zero-order valence-electron chi connectivity index (χ0n) is 20.5. The Bertz CT molecular complexity index is 882. The molecule has 188 valence electrons. The summed E-state index contributed by atoms with van der Waals surface area (Å²) < 4.78 is 5.50. The third-order valence-electron chi connectivity index (χ3n) is 6.67. The zero-order chi connectivity index (χ0) is 24.9. The fourth-order valence-electron chi connectivity index (χ4n) is 4.84. The summed E-state index contributed by atoms with van der Waals surface area (Å²) in [5, 5.41) is 11.3. The first-order valence-electron chi connectivity index (χ1n) is 12.2. The minimum atomic E-state index is -0.958. The number of nitrogen functional groups attached to an aromatic ring is 1. The third kappa shape index (κ3) is 7.01. The Balaban J connectivity index is 1.47. The van der Waals surface area contributed by atoms with E-state index in [1.165, 1.54) is 0 Å². The van der Waals surface area contributed by atoms with Gasteiger partial charge in [0.05, 0.1) is 12.0 Å². The van der Waals surface area contributed by atoms with Crippen LogP contribution in [0.4, 0.5) is 16.2 Å². The predicted molar refractivity (Wildman–Crippen MR) is 131 cm³/mol. The average Bonchev–Trinajstić information content (AvgIpc) is 2.78. The average molecular weight is 475 g/mol. The molecule has 9 nitrogen and oxygen atoms in total. The van der Waals surface area contributed by atoms with Gasteiger partial charge in [0.2, 0.25) is 0 Å². The van der Waals surface area contributed by atoms with Gasteiger partial charge in [0.1, 0.15) is 5.60 Å². The second kappa shape index (κ2) is 11.0. The van der Waals surface area contributed by atoms with Gasteiger partial charge in [-0.25, -0.2) is 4.79 Å². The van der Waals surface area contributed by atoms with Crippen LogP contribution in [-0.4, -0.2) is 66.3 Å². The second-order valence-electron chi connectivity index (χ2n) is 10.3. The number of nitrogens with zero attached hydrogens (tertiary/aromatic N) is 2. The number of carboxylic acids is 1. The lowest BCUT2D eigenvalue weighted by molar-refractivity contribution is -0.136. The first-order valence-corrected chi connectivity index (χ1v) is 12.2. The van der Waals surface area contributed by atoms with Gasteiger partial charge in [-0.2, -0.15) is 0 Å². The van der Waals surface area contributed by atoms with Crippen LogP contribution in [-0.2, 0) is 9.53 Å². The van der Waals surface area contributed by atoms with Crippen molar-refractivity contribution in [1.82, 2.24) is 10.2 Å². The Morgan fingerprint density at radius 1 is 1.06 bits per heavy atom. The highest BCUT2D eigenvalue weighted by atomic mass is 16.6. The number of rotatable bonds is 6. The second-order valence-corrected chi connectivity index (χ2v) is 10.3. The molecule has 1 aromatic carbocycles. The fraction of sp³-hybridized carbons (Fsp3) is 0.640. The van der Waals surface area contributed by atoms with Crippen molar-refractivity contribution in [2.24, 2.45) is 11.8 Å². The number of nitrogens with two attached hydrogens (primary N) is 1. The number of aliphatic carboxylic acids is 1. The number of piperidine rings is 2. The molecule has 0 aliphatic carbocycles. The van der Waals surface area contributed by atoms with Gasteiger partial charge >= 0.3 is 12.1 Å². The molecule has 0 spiro atoms. The van der Waals surface area contributed by atoms with Gasteiger partial charge in [-0.3, -0.25) is 9.59 Å². The van der Waals surface area contributed by atoms with Gasteiger partial charge < -0.3 is 30.7 Å². The Labute approximate surface area is 201 Å². The normalized spacial score (nSPS) is 18.0. The molecule has 2 aliphatic heterocycles. The molecule has 34 heavy (non-hydrogen) atoms. The summed E-state index contributed by atoms with van der Waals surface area (Å²) in [6.07, 6.45) is 3.88. The predicted octanol–water partition coefficient (Wildman–Crippen LogP) is 3.34. The molecular weight excluding hydrogens is 436 g/mol. The van der Waals surface area contributed by atoms with Crippen LogP contribution in [0, 0.1) is 11.8 Å². The van der Waals surface area contributed by atoms with E-state index in [1.54, 1.807) is 6.07 Å². The summed E-state index contributed by atoms with van der Waals surface area (Å²) in [4.78, 5) is 39.3. The smallest absolute Gasteiger partial charge is 0.410 e. The molecule has 0 radical (unpaired) electrons. The Hall–Kier alpha value is -2.97. The Kier molecular flexibility index (Phi) is 8.28. The van der Waals surface area contributed by atoms with Crippen molar-refractivity contribution >= 4 is 29.3 Å². The molecule has 0 bridgehead atoms. The molecule has 2 fully saturated rings. The van der Waals surface area contributed by atoms with Gasteiger partial charge in [0, 0.05) is 44.1 Å². The lowest BCUT2D eigenvalue weighted by atomic mass is 9.79. The van der Waals surface area contributed by atoms with Crippen molar-refractivity contribution in [3.05, 3.63) is 23.8 Å². The Morgan fingerprint density at radius 2 is 1.65 bits per heavy atom. The number of benzene rings is 1. The van der Waals surface area contributed by atoms with Crippen molar-refractivity contribution in [2.45, 2.75) is 58.5 Å². The highest BCUT2D eigenvalue weighted by molar-refractivity contribution is 5.99. The number of amides is 2. The standard InChI is InChI=1S/C25H38N4O5/c1-25(2,3)34-24(33)29-14-9-18(10-15-29)17-7-12-28(13-8-17)19-4-5-20(21(26)16-19)23(32)27-11-6-22(30)31/h4-5,16-18H,6-15,26H2,1-3H3,(H,27,32)(H,30,31). The summed E-state index contributed by atoms with van der Waals surface area (Å²) in [6, 6.07) is 5.44. The van der Waals surface area contributed by atoms with Crippen LogP contribution in [0.1, 0.15) is 63.2 Å². The number of likely N-dealkylation sites (tertiary alicyclic amines) is 1. The highest BCUT2D eigenvalue weighted by Crippen LogP contribution is 2.34. The third-order valence-corrected chi connectivity index (χ3v) is 6.67. The minimum absolute atomic E-state index is 0.0690. The van der Waals surface area contributed by atoms with Gasteiger partial charge in [-0.1, -0.05) is 0 Å². The molecule has 2 aliphatic rings. The summed E-state index contributed by atoms with van der Waals surface area (Å²) >= 11 is 0. The highest BCUT2D eigenvalue weighted by Gasteiger charge is 2.32. The van der Waals surface area contributed by atoms with Crippen LogP contribution in [0.15, 0.2) is 18.2 Å². The van der Waals surface area contributed by atoms with Crippen molar-refractivity contribution in [3.8, 4) is 0 Å². The summed E-state index contributed by atoms with van der Waals surface area (Å²) in [7, 11) is 0. The maximum absolute atomic E-state index is 12.3. The van der Waals surface area contributed by atoms with Crippen LogP contribution in [0.3, 0.4) is 0 Å². The molecule has 0 aromatic heterocycles. The lowest BCUT2D eigenvalue weighted by Gasteiger charge is -2.41. The summed E-state index contributed by atoms with van der Waals surface area (Å²) in [6.45, 7) is 9.12. The van der Waals surface area contributed by atoms with Crippen LogP contribution in [0.2, 0.25) is 0 Å². The molecule has 2 heterocycles. The molecule has 3 rings (SSSR count). The largest absolute Gasteiger partial charge is 0.481 e. The fourth-order valence-corrected chi connectivity index (χ4v) is 4.84. The van der Waals surface area contributed by atoms with E-state index in [0.29, 0.717) is 23.1 Å². The van der Waals surface area contributed by atoms with Gasteiger partial charge in [0.25, 0.3) is 5.91 Å². The SMILES string of the molecule is CC(C)(C)OC(=O)N1CCC(C2CCN(c3ccc(C(=O)NCCC(=O)O)c(N)c3)CC2)CC1. The first-order chi connectivity index (χ1) is 16.0. The van der Waals surface area contributed by atoms with E-state index in [1.807, 2.05) is 37.8 Å². The zero-order valence-corrected chi connectivity index (χ0v) is 20.5. The van der Waals surface area contributed by atoms with Crippen LogP contribution >= 0.6 is 0 Å². The van der Waals surface area contributed by atoms with Gasteiger partial charge in [0.15, 0.2) is 0 Å². The van der Waals surface area contributed by atoms with Crippen molar-refractivity contribution in [1.29, 1.82) is 0 Å². The van der Waals surface area contributed by atoms with E-state index < -0.39 is 11.6 Å². The van der Waals surface area contributed by atoms with Crippen molar-refractivity contribution in [3.63, 3.8) is 0 Å². The number of carbonyl (C=O) groups excluding carboxylic acids is 2. The molecule has 0 unspecified atom stereocenters. The molecule has 2 amide bonds. The minimum Gasteiger partial charge on any atom is -0.481 e. The quantitative estimate of drug-likeness (QED) is 0.540. The molecular formula is C25H38N4O5. The van der Waals surface area contributed by atoms with Gasteiger partial charge in [-0.15, -0.1) is 0 Å². The van der Waals surface area contributed by atoms with Crippen molar-refractivity contribution < 1.29 is 24.2 Å². The monoisotopic (exact) mass is 474 g/mol. The number of ether oxygens (including phenoxy) is 1. The molecule has 0 saturated carbocycles. The maximum atomic E-state index is 12.3. The van der Waals surface area contributed by atoms with E-state index >= 15 is 0 Å². The number of carbonyl (C=O) groups is 3. The van der Waals surface area contributed by atoms with Crippen LogP contribution in [0.25, 0.3) is 0 Å². The van der Waals surface area contributed by atoms with Gasteiger partial charge in [-0.05, 0) is 76.5 Å². The molecule has 9 heteroatoms. The van der Waals surface area contributed by atoms with Crippen LogP contribution < -0.4 is 16.0 Å². The maximum Gasteiger partial charge on any atom is 0.410 e. The number of hydrogen-bond donors (Lipinski definition) is 3. The van der Waals surface area contributed by atoms with Crippen LogP contribution in [0.5, 0.6) is 0 Å².